The number of ether oxygens (including phenoxy) is 3. The Kier molecular flexibility index (Phi) is 7.87. The van der Waals surface area contributed by atoms with Gasteiger partial charge in [-0.05, 0) is 30.2 Å². The number of nitrogens with one attached hydrogen (secondary N) is 1. The number of nitrogens with zero attached hydrogens (tertiary/aromatic N) is 3. The number of aliphatic imine (C=N–C) groups is 1. The number of piperazine rings is 1. The van der Waals surface area contributed by atoms with E-state index in [1.807, 2.05) is 18.2 Å². The third-order valence-corrected chi connectivity index (χ3v) is 6.31. The minimum Gasteiger partial charge on any atom is -0.493 e. The third-order valence-electron chi connectivity index (χ3n) is 6.31. The number of benzene rings is 2. The molecule has 0 radical (unpaired) electrons. The van der Waals surface area contributed by atoms with Gasteiger partial charge in [-0.15, -0.1) is 0 Å². The molecule has 2 aromatic rings. The average molecular weight is 481 g/mol. The summed E-state index contributed by atoms with van der Waals surface area (Å²) in [5.41, 5.74) is 1.95. The number of guanidine groups is 1. The summed E-state index contributed by atoms with van der Waals surface area (Å²) in [6.45, 7) is 5.89. The smallest absolute Gasteiger partial charge is 0.321 e. The molecule has 2 unspecified atom stereocenters. The van der Waals surface area contributed by atoms with E-state index in [-0.39, 0.29) is 6.61 Å². The molecule has 1 amide bonds. The molecule has 2 heterocycles. The molecule has 0 aromatic heterocycles. The fraction of sp³-hybridized carbons (Fsp3) is 0.423. The lowest BCUT2D eigenvalue weighted by atomic mass is 9.91. The van der Waals surface area contributed by atoms with E-state index in [2.05, 4.69) is 27.2 Å². The Hall–Kier alpha value is -3.59. The number of methoxy groups -OCH3 is 2. The van der Waals surface area contributed by atoms with Crippen molar-refractivity contribution in [1.82, 2.24) is 15.1 Å². The topological polar surface area (TPSA) is 92.7 Å². The highest BCUT2D eigenvalue weighted by Crippen LogP contribution is 2.36. The molecular weight excluding hydrogens is 448 g/mol. The Labute approximate surface area is 205 Å². The number of carbonyl (C=O) groups excluding carboxylic acids is 2. The highest BCUT2D eigenvalue weighted by atomic mass is 16.5. The standard InChI is InChI=1S/C26H32N4O5/c1-4-35-25(32)22-23(19-10-11-20(33-2)21(16-19)34-3)27-26(28-24(22)31)30-14-12-29(13-15-30)17-18-8-6-5-7-9-18/h5-11,16,22-23H,4,12-15,17H2,1-3H3,(H,27,28,31). The molecule has 0 spiro atoms. The first-order chi connectivity index (χ1) is 17.0. The van der Waals surface area contributed by atoms with Crippen LogP contribution in [-0.2, 0) is 20.9 Å². The van der Waals surface area contributed by atoms with Gasteiger partial charge in [0.1, 0.15) is 6.04 Å². The molecule has 1 saturated heterocycles. The maximum Gasteiger partial charge on any atom is 0.321 e. The fourth-order valence-corrected chi connectivity index (χ4v) is 4.46. The molecule has 2 aliphatic heterocycles. The van der Waals surface area contributed by atoms with Crippen LogP contribution < -0.4 is 14.8 Å². The molecule has 4 rings (SSSR count). The first-order valence-electron chi connectivity index (χ1n) is 11.8. The van der Waals surface area contributed by atoms with Crippen molar-refractivity contribution >= 4 is 17.8 Å². The molecule has 0 aliphatic carbocycles. The maximum absolute atomic E-state index is 13.1. The van der Waals surface area contributed by atoms with E-state index in [1.165, 1.54) is 5.56 Å². The Morgan fingerprint density at radius 1 is 1.03 bits per heavy atom. The van der Waals surface area contributed by atoms with E-state index in [0.717, 1.165) is 19.6 Å². The molecule has 2 aromatic carbocycles. The minimum absolute atomic E-state index is 0.182. The largest absolute Gasteiger partial charge is 0.493 e. The van der Waals surface area contributed by atoms with Gasteiger partial charge in [0.2, 0.25) is 11.9 Å². The summed E-state index contributed by atoms with van der Waals surface area (Å²) in [6, 6.07) is 14.9. The van der Waals surface area contributed by atoms with Gasteiger partial charge in [-0.25, -0.2) is 4.99 Å². The van der Waals surface area contributed by atoms with Crippen molar-refractivity contribution in [2.45, 2.75) is 19.5 Å². The zero-order chi connectivity index (χ0) is 24.8. The Balaban J connectivity index is 1.56. The van der Waals surface area contributed by atoms with Gasteiger partial charge >= 0.3 is 5.97 Å². The predicted molar refractivity (Wildman–Crippen MR) is 131 cm³/mol. The molecule has 9 nitrogen and oxygen atoms in total. The van der Waals surface area contributed by atoms with Gasteiger partial charge in [0.25, 0.3) is 0 Å². The van der Waals surface area contributed by atoms with Gasteiger partial charge in [0, 0.05) is 32.7 Å². The van der Waals surface area contributed by atoms with Crippen molar-refractivity contribution < 1.29 is 23.8 Å². The van der Waals surface area contributed by atoms with Crippen LogP contribution in [0.1, 0.15) is 24.1 Å². The number of hydrogen-bond acceptors (Lipinski definition) is 8. The summed E-state index contributed by atoms with van der Waals surface area (Å²) < 4.78 is 16.0. The lowest BCUT2D eigenvalue weighted by molar-refractivity contribution is -0.153. The highest BCUT2D eigenvalue weighted by molar-refractivity contribution is 6.08. The van der Waals surface area contributed by atoms with Crippen molar-refractivity contribution in [2.75, 3.05) is 47.0 Å². The van der Waals surface area contributed by atoms with Crippen LogP contribution in [-0.4, -0.2) is 74.6 Å². The molecule has 2 atom stereocenters. The summed E-state index contributed by atoms with van der Waals surface area (Å²) in [5, 5.41) is 2.85. The molecular formula is C26H32N4O5. The van der Waals surface area contributed by atoms with Crippen LogP contribution in [0.3, 0.4) is 0 Å². The molecule has 1 fully saturated rings. The van der Waals surface area contributed by atoms with Gasteiger partial charge in [-0.2, -0.15) is 0 Å². The van der Waals surface area contributed by atoms with Crippen LogP contribution in [0.4, 0.5) is 0 Å². The number of rotatable bonds is 7. The maximum atomic E-state index is 13.1. The Morgan fingerprint density at radius 2 is 1.74 bits per heavy atom. The van der Waals surface area contributed by atoms with Crippen LogP contribution in [0.2, 0.25) is 0 Å². The second-order valence-corrected chi connectivity index (χ2v) is 8.48. The Morgan fingerprint density at radius 3 is 2.40 bits per heavy atom. The fourth-order valence-electron chi connectivity index (χ4n) is 4.46. The molecule has 0 bridgehead atoms. The second-order valence-electron chi connectivity index (χ2n) is 8.48. The summed E-state index contributed by atoms with van der Waals surface area (Å²) >= 11 is 0. The first-order valence-corrected chi connectivity index (χ1v) is 11.8. The summed E-state index contributed by atoms with van der Waals surface area (Å²) in [5.74, 6) is -0.557. The van der Waals surface area contributed by atoms with Gasteiger partial charge in [-0.3, -0.25) is 19.8 Å². The van der Waals surface area contributed by atoms with Crippen molar-refractivity contribution in [3.63, 3.8) is 0 Å². The lowest BCUT2D eigenvalue weighted by Gasteiger charge is -2.39. The van der Waals surface area contributed by atoms with E-state index < -0.39 is 23.8 Å². The van der Waals surface area contributed by atoms with Crippen LogP contribution in [0.5, 0.6) is 11.5 Å². The summed E-state index contributed by atoms with van der Waals surface area (Å²) in [6.07, 6.45) is 0. The summed E-state index contributed by atoms with van der Waals surface area (Å²) in [7, 11) is 3.10. The zero-order valence-corrected chi connectivity index (χ0v) is 20.4. The second kappa shape index (κ2) is 11.2. The van der Waals surface area contributed by atoms with E-state index in [0.29, 0.717) is 36.1 Å². The molecule has 186 valence electrons. The van der Waals surface area contributed by atoms with Crippen molar-refractivity contribution in [2.24, 2.45) is 10.9 Å². The van der Waals surface area contributed by atoms with Gasteiger partial charge in [-0.1, -0.05) is 36.4 Å². The SMILES string of the molecule is CCOC(=O)C1C(=O)NC(N2CCN(Cc3ccccc3)CC2)=NC1c1ccc(OC)c(OC)c1. The highest BCUT2D eigenvalue weighted by Gasteiger charge is 2.42. The van der Waals surface area contributed by atoms with E-state index in [9.17, 15) is 9.59 Å². The van der Waals surface area contributed by atoms with Crippen LogP contribution in [0.25, 0.3) is 0 Å². The van der Waals surface area contributed by atoms with E-state index in [4.69, 9.17) is 19.2 Å². The number of esters is 1. The van der Waals surface area contributed by atoms with Crippen molar-refractivity contribution in [1.29, 1.82) is 0 Å². The van der Waals surface area contributed by atoms with Crippen molar-refractivity contribution in [3.8, 4) is 11.5 Å². The number of amides is 1. The quantitative estimate of drug-likeness (QED) is 0.480. The van der Waals surface area contributed by atoms with Crippen molar-refractivity contribution in [3.05, 3.63) is 59.7 Å². The lowest BCUT2D eigenvalue weighted by Crippen LogP contribution is -2.57. The van der Waals surface area contributed by atoms with Gasteiger partial charge in [0.15, 0.2) is 17.4 Å². The first kappa shape index (κ1) is 24.5. The van der Waals surface area contributed by atoms with Crippen LogP contribution >= 0.6 is 0 Å². The average Bonchev–Trinajstić information content (AvgIpc) is 2.89. The zero-order valence-electron chi connectivity index (χ0n) is 20.4. The molecule has 2 aliphatic rings. The molecule has 9 heteroatoms. The van der Waals surface area contributed by atoms with Gasteiger partial charge in [0.05, 0.1) is 20.8 Å². The van der Waals surface area contributed by atoms with Gasteiger partial charge < -0.3 is 19.1 Å². The third kappa shape index (κ3) is 5.57. The predicted octanol–water partition coefficient (Wildman–Crippen LogP) is 2.23. The Bertz CT molecular complexity index is 1070. The molecule has 1 N–H and O–H groups in total. The number of hydrogen-bond donors (Lipinski definition) is 1. The molecule has 35 heavy (non-hydrogen) atoms. The van der Waals surface area contributed by atoms with Crippen LogP contribution in [0.15, 0.2) is 53.5 Å². The number of carbonyl (C=O) groups is 2. The monoisotopic (exact) mass is 480 g/mol. The minimum atomic E-state index is -1.09. The molecule has 0 saturated carbocycles. The van der Waals surface area contributed by atoms with E-state index >= 15 is 0 Å². The van der Waals surface area contributed by atoms with E-state index in [1.54, 1.807) is 39.3 Å². The van der Waals surface area contributed by atoms with Crippen LogP contribution in [0, 0.1) is 5.92 Å². The summed E-state index contributed by atoms with van der Waals surface area (Å²) in [4.78, 5) is 35.2. The normalized spacial score (nSPS) is 20.6.